The zero-order valence-corrected chi connectivity index (χ0v) is 11.4. The summed E-state index contributed by atoms with van der Waals surface area (Å²) in [6, 6.07) is 4.81. The Morgan fingerprint density at radius 1 is 1.56 bits per heavy atom. The lowest BCUT2D eigenvalue weighted by atomic mass is 10.0. The van der Waals surface area contributed by atoms with Crippen LogP contribution in [0.15, 0.2) is 23.1 Å². The standard InChI is InChI=1S/C14H18FNOS/c1-2-3-4-14(17)16-12-7-8-18-13-6-5-10(15)9-11(12)13/h5-6,9,12H,2-4,7-8H2,1H3,(H,16,17). The first kappa shape index (κ1) is 13.4. The number of thioether (sulfide) groups is 1. The fraction of sp³-hybridized carbons (Fsp3) is 0.500. The summed E-state index contributed by atoms with van der Waals surface area (Å²) in [5, 5.41) is 3.02. The van der Waals surface area contributed by atoms with Gasteiger partial charge in [0, 0.05) is 17.1 Å². The molecule has 1 N–H and O–H groups in total. The molecule has 0 radical (unpaired) electrons. The highest BCUT2D eigenvalue weighted by Crippen LogP contribution is 2.36. The number of benzene rings is 1. The predicted molar refractivity (Wildman–Crippen MR) is 72.1 cm³/mol. The smallest absolute Gasteiger partial charge is 0.220 e. The molecule has 2 rings (SSSR count). The summed E-state index contributed by atoms with van der Waals surface area (Å²) >= 11 is 1.73. The zero-order chi connectivity index (χ0) is 13.0. The highest BCUT2D eigenvalue weighted by Gasteiger charge is 2.22. The second-order valence-corrected chi connectivity index (χ2v) is 5.68. The van der Waals surface area contributed by atoms with E-state index >= 15 is 0 Å². The van der Waals surface area contributed by atoms with E-state index in [0.717, 1.165) is 35.5 Å². The van der Waals surface area contributed by atoms with Gasteiger partial charge in [0.2, 0.25) is 5.91 Å². The molecule has 1 unspecified atom stereocenters. The van der Waals surface area contributed by atoms with Crippen LogP contribution in [0.5, 0.6) is 0 Å². The summed E-state index contributed by atoms with van der Waals surface area (Å²) in [6.07, 6.45) is 3.35. The summed E-state index contributed by atoms with van der Waals surface area (Å²) in [7, 11) is 0. The lowest BCUT2D eigenvalue weighted by Crippen LogP contribution is -2.30. The lowest BCUT2D eigenvalue weighted by Gasteiger charge is -2.26. The molecule has 18 heavy (non-hydrogen) atoms. The SMILES string of the molecule is CCCCC(=O)NC1CCSc2ccc(F)cc21. The quantitative estimate of drug-likeness (QED) is 0.902. The highest BCUT2D eigenvalue weighted by molar-refractivity contribution is 7.99. The van der Waals surface area contributed by atoms with Crippen LogP contribution in [0.2, 0.25) is 0 Å². The first-order valence-electron chi connectivity index (χ1n) is 6.42. The van der Waals surface area contributed by atoms with Gasteiger partial charge >= 0.3 is 0 Å². The molecule has 98 valence electrons. The third kappa shape index (κ3) is 3.25. The Morgan fingerprint density at radius 3 is 3.17 bits per heavy atom. The summed E-state index contributed by atoms with van der Waals surface area (Å²) < 4.78 is 13.3. The molecule has 2 nitrogen and oxygen atoms in total. The molecule has 0 aliphatic carbocycles. The first-order chi connectivity index (χ1) is 8.70. The maximum atomic E-state index is 13.3. The number of nitrogens with one attached hydrogen (secondary N) is 1. The number of carbonyl (C=O) groups is 1. The topological polar surface area (TPSA) is 29.1 Å². The largest absolute Gasteiger partial charge is 0.349 e. The Hall–Kier alpha value is -1.03. The molecule has 0 spiro atoms. The molecule has 0 saturated heterocycles. The Morgan fingerprint density at radius 2 is 2.39 bits per heavy atom. The number of hydrogen-bond acceptors (Lipinski definition) is 2. The third-order valence-corrected chi connectivity index (χ3v) is 4.23. The maximum Gasteiger partial charge on any atom is 0.220 e. The van der Waals surface area contributed by atoms with Crippen LogP contribution in [0.3, 0.4) is 0 Å². The van der Waals surface area contributed by atoms with Crippen molar-refractivity contribution in [1.82, 2.24) is 5.32 Å². The summed E-state index contributed by atoms with van der Waals surface area (Å²) in [5.41, 5.74) is 0.927. The average Bonchev–Trinajstić information content (AvgIpc) is 2.37. The summed E-state index contributed by atoms with van der Waals surface area (Å²) in [6.45, 7) is 2.06. The molecule has 1 atom stereocenters. The molecule has 1 aliphatic heterocycles. The Labute approximate surface area is 111 Å². The predicted octanol–water partition coefficient (Wildman–Crippen LogP) is 3.67. The van der Waals surface area contributed by atoms with Gasteiger partial charge in [-0.3, -0.25) is 4.79 Å². The van der Waals surface area contributed by atoms with Crippen molar-refractivity contribution >= 4 is 17.7 Å². The fourth-order valence-corrected chi connectivity index (χ4v) is 3.22. The van der Waals surface area contributed by atoms with Gasteiger partial charge in [0.25, 0.3) is 0 Å². The molecule has 1 aromatic rings. The third-order valence-electron chi connectivity index (χ3n) is 3.10. The van der Waals surface area contributed by atoms with E-state index in [1.165, 1.54) is 6.07 Å². The average molecular weight is 267 g/mol. The Bertz CT molecular complexity index is 436. The van der Waals surface area contributed by atoms with Crippen LogP contribution >= 0.6 is 11.8 Å². The molecule has 1 amide bonds. The molecule has 1 aromatic carbocycles. The Balaban J connectivity index is 2.07. The van der Waals surface area contributed by atoms with Crippen LogP contribution in [0.4, 0.5) is 4.39 Å². The van der Waals surface area contributed by atoms with Gasteiger partial charge in [0.1, 0.15) is 5.82 Å². The van der Waals surface area contributed by atoms with E-state index in [-0.39, 0.29) is 17.8 Å². The zero-order valence-electron chi connectivity index (χ0n) is 10.5. The normalized spacial score (nSPS) is 18.2. The lowest BCUT2D eigenvalue weighted by molar-refractivity contribution is -0.122. The summed E-state index contributed by atoms with van der Waals surface area (Å²) in [5.74, 6) is 0.810. The van der Waals surface area contributed by atoms with E-state index in [9.17, 15) is 9.18 Å². The maximum absolute atomic E-state index is 13.3. The number of hydrogen-bond donors (Lipinski definition) is 1. The van der Waals surface area contributed by atoms with Crippen molar-refractivity contribution in [2.24, 2.45) is 0 Å². The molecular weight excluding hydrogens is 249 g/mol. The van der Waals surface area contributed by atoms with E-state index in [1.54, 1.807) is 23.9 Å². The van der Waals surface area contributed by atoms with Gasteiger partial charge < -0.3 is 5.32 Å². The minimum atomic E-state index is -0.232. The van der Waals surface area contributed by atoms with Gasteiger partial charge in [-0.05, 0) is 36.6 Å². The van der Waals surface area contributed by atoms with Crippen molar-refractivity contribution in [3.05, 3.63) is 29.6 Å². The van der Waals surface area contributed by atoms with Crippen LogP contribution < -0.4 is 5.32 Å². The number of rotatable bonds is 4. The summed E-state index contributed by atoms with van der Waals surface area (Å²) in [4.78, 5) is 12.8. The minimum Gasteiger partial charge on any atom is -0.349 e. The molecule has 1 heterocycles. The van der Waals surface area contributed by atoms with Gasteiger partial charge in [0.05, 0.1) is 6.04 Å². The van der Waals surface area contributed by atoms with Crippen LogP contribution in [0.1, 0.15) is 44.2 Å². The molecule has 4 heteroatoms. The van der Waals surface area contributed by atoms with Crippen molar-refractivity contribution in [2.75, 3.05) is 5.75 Å². The molecule has 0 saturated carbocycles. The van der Waals surface area contributed by atoms with E-state index in [4.69, 9.17) is 0 Å². The van der Waals surface area contributed by atoms with Gasteiger partial charge in [-0.15, -0.1) is 11.8 Å². The molecule has 0 aromatic heterocycles. The van der Waals surface area contributed by atoms with Gasteiger partial charge in [-0.1, -0.05) is 13.3 Å². The Kier molecular flexibility index (Phi) is 4.64. The van der Waals surface area contributed by atoms with Crippen LogP contribution in [-0.2, 0) is 4.79 Å². The van der Waals surface area contributed by atoms with Crippen LogP contribution in [0, 0.1) is 5.82 Å². The number of amides is 1. The van der Waals surface area contributed by atoms with Crippen LogP contribution in [-0.4, -0.2) is 11.7 Å². The van der Waals surface area contributed by atoms with Gasteiger partial charge in [-0.25, -0.2) is 4.39 Å². The van der Waals surface area contributed by atoms with Crippen molar-refractivity contribution < 1.29 is 9.18 Å². The minimum absolute atomic E-state index is 0.0266. The highest BCUT2D eigenvalue weighted by atomic mass is 32.2. The second kappa shape index (κ2) is 6.23. The number of halogens is 1. The number of unbranched alkanes of at least 4 members (excludes halogenated alkanes) is 1. The van der Waals surface area contributed by atoms with Crippen LogP contribution in [0.25, 0.3) is 0 Å². The van der Waals surface area contributed by atoms with Gasteiger partial charge in [0.15, 0.2) is 0 Å². The van der Waals surface area contributed by atoms with E-state index in [0.29, 0.717) is 6.42 Å². The molecular formula is C14H18FNOS. The second-order valence-electron chi connectivity index (χ2n) is 4.54. The van der Waals surface area contributed by atoms with E-state index in [2.05, 4.69) is 12.2 Å². The number of fused-ring (bicyclic) bond motifs is 1. The van der Waals surface area contributed by atoms with Crippen molar-refractivity contribution in [1.29, 1.82) is 0 Å². The van der Waals surface area contributed by atoms with Crippen molar-refractivity contribution in [3.8, 4) is 0 Å². The molecule has 0 fully saturated rings. The fourth-order valence-electron chi connectivity index (χ4n) is 2.12. The monoisotopic (exact) mass is 267 g/mol. The van der Waals surface area contributed by atoms with Crippen molar-refractivity contribution in [2.45, 2.75) is 43.5 Å². The van der Waals surface area contributed by atoms with Crippen molar-refractivity contribution in [3.63, 3.8) is 0 Å². The van der Waals surface area contributed by atoms with E-state index < -0.39 is 0 Å². The molecule has 0 bridgehead atoms. The van der Waals surface area contributed by atoms with Gasteiger partial charge in [-0.2, -0.15) is 0 Å². The van der Waals surface area contributed by atoms with E-state index in [1.807, 2.05) is 0 Å². The number of carbonyl (C=O) groups excluding carboxylic acids is 1. The molecule has 1 aliphatic rings. The first-order valence-corrected chi connectivity index (χ1v) is 7.41.